The van der Waals surface area contributed by atoms with Crippen LogP contribution in [-0.4, -0.2) is 24.3 Å². The van der Waals surface area contributed by atoms with Crippen molar-refractivity contribution < 1.29 is 14.6 Å². The Hall–Kier alpha value is -2.32. The number of hydrogen-bond donors (Lipinski definition) is 2. The molecule has 0 spiro atoms. The molecular formula is C19H14ClIN2O3. The van der Waals surface area contributed by atoms with Crippen molar-refractivity contribution >= 4 is 57.1 Å². The van der Waals surface area contributed by atoms with Crippen molar-refractivity contribution in [2.45, 2.75) is 0 Å². The first kappa shape index (κ1) is 18.5. The van der Waals surface area contributed by atoms with Crippen molar-refractivity contribution in [1.29, 1.82) is 0 Å². The van der Waals surface area contributed by atoms with Gasteiger partial charge in [-0.05, 0) is 57.6 Å². The monoisotopic (exact) mass is 480 g/mol. The summed E-state index contributed by atoms with van der Waals surface area (Å²) in [6, 6.07) is 14.4. The van der Waals surface area contributed by atoms with E-state index >= 15 is 0 Å². The number of amides is 1. The molecule has 0 saturated heterocycles. The molecule has 5 nitrogen and oxygen atoms in total. The highest BCUT2D eigenvalue weighted by atomic mass is 127. The number of aromatic hydroxyl groups is 1. The number of carbonyl (C=O) groups is 1. The van der Waals surface area contributed by atoms with Gasteiger partial charge in [0.05, 0.1) is 22.5 Å². The Morgan fingerprint density at radius 3 is 2.62 bits per heavy atom. The maximum absolute atomic E-state index is 12.5. The van der Waals surface area contributed by atoms with Gasteiger partial charge in [0.1, 0.15) is 11.5 Å². The van der Waals surface area contributed by atoms with Crippen LogP contribution in [0.3, 0.4) is 0 Å². The van der Waals surface area contributed by atoms with Crippen LogP contribution >= 0.6 is 34.2 Å². The lowest BCUT2D eigenvalue weighted by molar-refractivity contribution is 0.0952. The third-order valence-corrected chi connectivity index (χ3v) is 4.78. The lowest BCUT2D eigenvalue weighted by Gasteiger charge is -2.09. The summed E-state index contributed by atoms with van der Waals surface area (Å²) in [7, 11) is 1.51. The zero-order valence-corrected chi connectivity index (χ0v) is 16.6. The summed E-state index contributed by atoms with van der Waals surface area (Å²) in [5.41, 5.74) is 3.23. The SMILES string of the molecule is COc1cc2ccccc2cc1C(=O)N/N=C\c1cc(Cl)cc(I)c1O. The van der Waals surface area contributed by atoms with Crippen molar-refractivity contribution in [2.24, 2.45) is 5.10 Å². The lowest BCUT2D eigenvalue weighted by Crippen LogP contribution is -2.18. The minimum Gasteiger partial charge on any atom is -0.506 e. The minimum atomic E-state index is -0.417. The van der Waals surface area contributed by atoms with Crippen LogP contribution in [0.15, 0.2) is 53.6 Å². The second kappa shape index (κ2) is 7.92. The number of benzene rings is 3. The van der Waals surface area contributed by atoms with E-state index < -0.39 is 5.91 Å². The molecular weight excluding hydrogens is 467 g/mol. The van der Waals surface area contributed by atoms with Crippen LogP contribution in [0.25, 0.3) is 10.8 Å². The number of halogens is 2. The van der Waals surface area contributed by atoms with Gasteiger partial charge in [0.15, 0.2) is 0 Å². The number of ether oxygens (including phenoxy) is 1. The summed E-state index contributed by atoms with van der Waals surface area (Å²) in [5, 5.41) is 16.3. The first-order valence-electron chi connectivity index (χ1n) is 7.58. The maximum Gasteiger partial charge on any atom is 0.275 e. The van der Waals surface area contributed by atoms with Crippen LogP contribution in [0.5, 0.6) is 11.5 Å². The first-order valence-corrected chi connectivity index (χ1v) is 9.03. The predicted molar refractivity (Wildman–Crippen MR) is 111 cm³/mol. The van der Waals surface area contributed by atoms with Gasteiger partial charge in [-0.1, -0.05) is 35.9 Å². The zero-order chi connectivity index (χ0) is 18.7. The van der Waals surface area contributed by atoms with E-state index in [4.69, 9.17) is 16.3 Å². The van der Waals surface area contributed by atoms with Crippen molar-refractivity contribution in [1.82, 2.24) is 5.43 Å². The Kier molecular flexibility index (Phi) is 5.63. The Morgan fingerprint density at radius 2 is 1.92 bits per heavy atom. The third kappa shape index (κ3) is 3.91. The van der Waals surface area contributed by atoms with Gasteiger partial charge in [-0.15, -0.1) is 0 Å². The van der Waals surface area contributed by atoms with E-state index in [-0.39, 0.29) is 5.75 Å². The molecule has 3 aromatic rings. The molecule has 0 atom stereocenters. The van der Waals surface area contributed by atoms with Crippen molar-refractivity contribution in [3.63, 3.8) is 0 Å². The van der Waals surface area contributed by atoms with E-state index in [0.717, 1.165) is 10.8 Å². The summed E-state index contributed by atoms with van der Waals surface area (Å²) in [6.07, 6.45) is 1.34. The van der Waals surface area contributed by atoms with Crippen LogP contribution in [0.1, 0.15) is 15.9 Å². The van der Waals surface area contributed by atoms with Gasteiger partial charge >= 0.3 is 0 Å². The smallest absolute Gasteiger partial charge is 0.275 e. The summed E-state index contributed by atoms with van der Waals surface area (Å²) in [5.74, 6) is 0.0907. The number of nitrogens with one attached hydrogen (secondary N) is 1. The van der Waals surface area contributed by atoms with Crippen LogP contribution in [0, 0.1) is 3.57 Å². The largest absolute Gasteiger partial charge is 0.506 e. The average molecular weight is 481 g/mol. The van der Waals surface area contributed by atoms with E-state index in [1.54, 1.807) is 24.3 Å². The molecule has 0 saturated carbocycles. The van der Waals surface area contributed by atoms with Crippen molar-refractivity contribution in [2.75, 3.05) is 7.11 Å². The Bertz CT molecular complexity index is 1020. The molecule has 3 rings (SSSR count). The number of fused-ring (bicyclic) bond motifs is 1. The number of phenols is 1. The molecule has 0 bridgehead atoms. The fraction of sp³-hybridized carbons (Fsp3) is 0.0526. The number of carbonyl (C=O) groups excluding carboxylic acids is 1. The molecule has 0 aliphatic heterocycles. The lowest BCUT2D eigenvalue weighted by atomic mass is 10.1. The highest BCUT2D eigenvalue weighted by Gasteiger charge is 2.13. The summed E-state index contributed by atoms with van der Waals surface area (Å²) >= 11 is 7.94. The zero-order valence-electron chi connectivity index (χ0n) is 13.7. The van der Waals surface area contributed by atoms with Crippen molar-refractivity contribution in [3.8, 4) is 11.5 Å². The fourth-order valence-corrected chi connectivity index (χ4v) is 3.53. The molecule has 0 unspecified atom stereocenters. The van der Waals surface area contributed by atoms with E-state index in [9.17, 15) is 9.90 Å². The molecule has 0 radical (unpaired) electrons. The van der Waals surface area contributed by atoms with E-state index in [1.165, 1.54) is 13.3 Å². The molecule has 0 heterocycles. The van der Waals surface area contributed by atoms with E-state index in [0.29, 0.717) is 25.5 Å². The van der Waals surface area contributed by atoms with Gasteiger partial charge in [-0.3, -0.25) is 4.79 Å². The van der Waals surface area contributed by atoms with Gasteiger partial charge in [-0.2, -0.15) is 5.10 Å². The van der Waals surface area contributed by atoms with Crippen LogP contribution in [0.4, 0.5) is 0 Å². The molecule has 0 aromatic heterocycles. The second-order valence-corrected chi connectivity index (χ2v) is 7.02. The van der Waals surface area contributed by atoms with Gasteiger partial charge < -0.3 is 9.84 Å². The Balaban J connectivity index is 1.85. The highest BCUT2D eigenvalue weighted by Crippen LogP contribution is 2.28. The summed E-state index contributed by atoms with van der Waals surface area (Å²) in [4.78, 5) is 12.5. The molecule has 0 aliphatic carbocycles. The number of nitrogens with zero attached hydrogens (tertiary/aromatic N) is 1. The molecule has 132 valence electrons. The van der Waals surface area contributed by atoms with Crippen molar-refractivity contribution in [3.05, 3.63) is 68.3 Å². The Labute approximate surface area is 168 Å². The molecule has 0 aliphatic rings. The van der Waals surface area contributed by atoms with Gasteiger partial charge in [0.25, 0.3) is 5.91 Å². The molecule has 1 amide bonds. The third-order valence-electron chi connectivity index (χ3n) is 3.74. The van der Waals surface area contributed by atoms with Crippen LogP contribution < -0.4 is 10.2 Å². The number of hydrogen-bond acceptors (Lipinski definition) is 4. The summed E-state index contributed by atoms with van der Waals surface area (Å²) in [6.45, 7) is 0. The molecule has 7 heteroatoms. The van der Waals surface area contributed by atoms with E-state index in [1.807, 2.05) is 46.9 Å². The van der Waals surface area contributed by atoms with E-state index in [2.05, 4.69) is 10.5 Å². The van der Waals surface area contributed by atoms with Gasteiger partial charge in [0.2, 0.25) is 0 Å². The normalized spacial score (nSPS) is 11.0. The fourth-order valence-electron chi connectivity index (χ4n) is 2.47. The molecule has 26 heavy (non-hydrogen) atoms. The quantitative estimate of drug-likeness (QED) is 0.326. The number of phenolic OH excluding ortho intramolecular Hbond substituents is 1. The Morgan fingerprint density at radius 1 is 1.23 bits per heavy atom. The molecule has 3 aromatic carbocycles. The van der Waals surface area contributed by atoms with Gasteiger partial charge in [-0.25, -0.2) is 5.43 Å². The maximum atomic E-state index is 12.5. The minimum absolute atomic E-state index is 0.0521. The van der Waals surface area contributed by atoms with Crippen LogP contribution in [0.2, 0.25) is 5.02 Å². The molecule has 2 N–H and O–H groups in total. The molecule has 0 fully saturated rings. The number of methoxy groups -OCH3 is 1. The predicted octanol–water partition coefficient (Wildman–Crippen LogP) is 4.58. The topological polar surface area (TPSA) is 70.9 Å². The van der Waals surface area contributed by atoms with Crippen LogP contribution in [-0.2, 0) is 0 Å². The average Bonchev–Trinajstić information content (AvgIpc) is 2.64. The number of hydrazone groups is 1. The standard InChI is InChI=1S/C19H14ClIN2O3/c1-26-17-8-12-5-3-2-4-11(12)7-15(17)19(25)23-22-10-13-6-14(20)9-16(21)18(13)24/h2-10,24H,1H3,(H,23,25)/b22-10-. The second-order valence-electron chi connectivity index (χ2n) is 5.42. The highest BCUT2D eigenvalue weighted by molar-refractivity contribution is 14.1. The number of rotatable bonds is 4. The first-order chi connectivity index (χ1) is 12.5. The van der Waals surface area contributed by atoms with Gasteiger partial charge in [0, 0.05) is 10.6 Å². The summed E-state index contributed by atoms with van der Waals surface area (Å²) < 4.78 is 5.91.